The molecule has 272 valence electrons. The van der Waals surface area contributed by atoms with E-state index in [4.69, 9.17) is 14.2 Å². The Morgan fingerprint density at radius 3 is 2.47 bits per heavy atom. The summed E-state index contributed by atoms with van der Waals surface area (Å²) in [5.41, 5.74) is 1.57. The van der Waals surface area contributed by atoms with E-state index in [1.54, 1.807) is 23.1 Å². The number of aryl methyl sites for hydroxylation is 2. The number of anilines is 1. The maximum absolute atomic E-state index is 15.3. The van der Waals surface area contributed by atoms with Gasteiger partial charge >= 0.3 is 5.97 Å². The number of likely N-dealkylation sites (tertiary alicyclic amines) is 1. The van der Waals surface area contributed by atoms with E-state index in [0.717, 1.165) is 11.1 Å². The van der Waals surface area contributed by atoms with Crippen LogP contribution in [0.15, 0.2) is 71.2 Å². The second-order valence-corrected chi connectivity index (χ2v) is 15.1. The topological polar surface area (TPSA) is 135 Å². The number of rotatable bonds is 7. The van der Waals surface area contributed by atoms with Gasteiger partial charge in [0, 0.05) is 30.2 Å². The first-order valence-electron chi connectivity index (χ1n) is 17.5. The predicted molar refractivity (Wildman–Crippen MR) is 194 cm³/mol. The van der Waals surface area contributed by atoms with Crippen molar-refractivity contribution in [2.45, 2.75) is 76.5 Å². The van der Waals surface area contributed by atoms with E-state index >= 15 is 4.79 Å². The summed E-state index contributed by atoms with van der Waals surface area (Å²) in [5, 5.41) is 13.7. The Bertz CT molecular complexity index is 1730. The molecule has 0 unspecified atom stereocenters. The Morgan fingerprint density at radius 1 is 1.04 bits per heavy atom. The number of aliphatic hydroxyl groups excluding tert-OH is 1. The molecule has 5 bridgehead atoms. The molecule has 0 radical (unpaired) electrons. The number of aliphatic hydroxyl groups is 1. The Morgan fingerprint density at radius 2 is 1.78 bits per heavy atom. The number of carbonyl (C=O) groups excluding carboxylic acids is 4. The number of nitrogens with one attached hydrogen (secondary N) is 1. The molecule has 12 heteroatoms. The predicted octanol–water partition coefficient (Wildman–Crippen LogP) is 4.29. The van der Waals surface area contributed by atoms with Crippen molar-refractivity contribution in [3.63, 3.8) is 0 Å². The fraction of sp³-hybridized carbons (Fsp3) is 0.487. The molecule has 1 spiro atoms. The molecule has 2 aromatic rings. The van der Waals surface area contributed by atoms with Crippen molar-refractivity contribution in [1.82, 2.24) is 10.2 Å². The van der Waals surface area contributed by atoms with Crippen LogP contribution in [0.1, 0.15) is 49.5 Å². The fourth-order valence-corrected chi connectivity index (χ4v) is 8.79. The molecule has 4 aliphatic rings. The second kappa shape index (κ2) is 15.0. The van der Waals surface area contributed by atoms with Crippen molar-refractivity contribution in [1.29, 1.82) is 0 Å². The minimum absolute atomic E-state index is 0.0522. The van der Waals surface area contributed by atoms with Gasteiger partial charge in [-0.2, -0.15) is 0 Å². The number of hydrogen-bond acceptors (Lipinski definition) is 8. The van der Waals surface area contributed by atoms with Gasteiger partial charge in [0.15, 0.2) is 0 Å². The first-order chi connectivity index (χ1) is 24.4. The highest BCUT2D eigenvalue weighted by atomic mass is 79.9. The lowest BCUT2D eigenvalue weighted by Gasteiger charge is -2.40. The number of nitrogens with zero attached hydrogens (tertiary/aromatic N) is 2. The molecular formula is C39H46BrN3O8. The number of cyclic esters (lactones) is 1. The molecule has 0 aromatic heterocycles. The van der Waals surface area contributed by atoms with Gasteiger partial charge in [-0.3, -0.25) is 19.2 Å². The van der Waals surface area contributed by atoms with Crippen LogP contribution < -0.4 is 10.2 Å². The number of hydrogen-bond donors (Lipinski definition) is 2. The summed E-state index contributed by atoms with van der Waals surface area (Å²) in [5.74, 6) is -4.30. The summed E-state index contributed by atoms with van der Waals surface area (Å²) in [6.45, 7) is 7.44. The van der Waals surface area contributed by atoms with E-state index in [-0.39, 0.29) is 31.4 Å². The van der Waals surface area contributed by atoms with Crippen molar-refractivity contribution in [3.05, 3.63) is 87.9 Å². The summed E-state index contributed by atoms with van der Waals surface area (Å²) in [6, 6.07) is 12.2. The van der Waals surface area contributed by atoms with Crippen molar-refractivity contribution >= 4 is 45.3 Å². The number of ether oxygens (including phenoxy) is 3. The van der Waals surface area contributed by atoms with Crippen LogP contribution in [0.3, 0.4) is 0 Å². The second-order valence-electron chi connectivity index (χ2n) is 14.2. The zero-order chi connectivity index (χ0) is 36.6. The van der Waals surface area contributed by atoms with Crippen LogP contribution in [0.5, 0.6) is 0 Å². The van der Waals surface area contributed by atoms with Gasteiger partial charge in [0.05, 0.1) is 31.2 Å². The molecule has 11 nitrogen and oxygen atoms in total. The minimum atomic E-state index is -1.53. The third-order valence-electron chi connectivity index (χ3n) is 10.5. The molecule has 51 heavy (non-hydrogen) atoms. The number of methoxy groups -OCH3 is 1. The Kier molecular flexibility index (Phi) is 10.9. The standard InChI is InChI=1S/C39H46BrN3O8/c1-22(2)29(20-44)43-35-37(47)42(28-18-23(3)15-16-24(28)4)17-11-7-10-14-30(45)41-27(21-49-5)33(25-12-8-6-9-13-25)50-38(48)31-32(36(43)46)39(35)19-26(40)34(31)51-39/h6-9,11-13,15-16,18-19,22,27,29,31-35,44H,10,14,17,20-21H2,1-5H3,(H,41,45)/b11-7-/t27-,29+,31+,32-,33-,34+,35+,39-/m1/s1. The average Bonchev–Trinajstić information content (AvgIpc) is 3.69. The van der Waals surface area contributed by atoms with Gasteiger partial charge in [0.25, 0.3) is 5.91 Å². The fourth-order valence-electron chi connectivity index (χ4n) is 8.05. The van der Waals surface area contributed by atoms with E-state index in [2.05, 4.69) is 21.2 Å². The van der Waals surface area contributed by atoms with E-state index in [1.807, 2.05) is 76.2 Å². The summed E-state index contributed by atoms with van der Waals surface area (Å²) < 4.78 is 19.1. The molecule has 4 aliphatic heterocycles. The molecule has 2 aromatic carbocycles. The van der Waals surface area contributed by atoms with E-state index in [9.17, 15) is 19.5 Å². The van der Waals surface area contributed by atoms with Crippen LogP contribution in [0.4, 0.5) is 5.69 Å². The molecule has 2 saturated heterocycles. The highest BCUT2D eigenvalue weighted by Crippen LogP contribution is 2.59. The van der Waals surface area contributed by atoms with Crippen molar-refractivity contribution in [2.75, 3.05) is 31.8 Å². The minimum Gasteiger partial charge on any atom is -0.455 e. The lowest BCUT2D eigenvalue weighted by atomic mass is 9.74. The highest BCUT2D eigenvalue weighted by molar-refractivity contribution is 9.11. The van der Waals surface area contributed by atoms with Crippen LogP contribution in [0.25, 0.3) is 0 Å². The molecule has 2 fully saturated rings. The Hall–Kier alpha value is -3.84. The number of amides is 3. The molecular weight excluding hydrogens is 718 g/mol. The Labute approximate surface area is 307 Å². The highest BCUT2D eigenvalue weighted by Gasteiger charge is 2.75. The van der Waals surface area contributed by atoms with Crippen LogP contribution in [-0.2, 0) is 33.4 Å². The molecule has 8 atom stereocenters. The monoisotopic (exact) mass is 763 g/mol. The number of allylic oxidation sites excluding steroid dienone is 1. The van der Waals surface area contributed by atoms with E-state index in [0.29, 0.717) is 22.2 Å². The number of benzene rings is 2. The SMILES string of the molecule is COC[C@H]1NC(=O)CC/C=C\CN(c2cc(C)ccc2C)C(=O)[C@@H]2N([C@@H](CO)C(C)C)C(=O)[C@H]3[C@H](C(=O)O[C@@H]1c1ccccc1)[C@H]1O[C@@]23C=C1Br. The first kappa shape index (κ1) is 36.9. The van der Waals surface area contributed by atoms with Crippen molar-refractivity contribution in [2.24, 2.45) is 17.8 Å². The third kappa shape index (κ3) is 6.67. The summed E-state index contributed by atoms with van der Waals surface area (Å²) in [4.78, 5) is 61.1. The van der Waals surface area contributed by atoms with Gasteiger partial charge in [-0.25, -0.2) is 0 Å². The maximum Gasteiger partial charge on any atom is 0.313 e. The van der Waals surface area contributed by atoms with E-state index < -0.39 is 72.2 Å². The molecule has 2 N–H and O–H groups in total. The summed E-state index contributed by atoms with van der Waals surface area (Å²) >= 11 is 3.62. The summed E-state index contributed by atoms with van der Waals surface area (Å²) in [7, 11) is 1.51. The van der Waals surface area contributed by atoms with Crippen LogP contribution in [0.2, 0.25) is 0 Å². The molecule has 6 rings (SSSR count). The number of fused-ring (bicyclic) bond motifs is 2. The molecule has 4 heterocycles. The van der Waals surface area contributed by atoms with Crippen LogP contribution in [-0.4, -0.2) is 90.4 Å². The van der Waals surface area contributed by atoms with Gasteiger partial charge in [-0.05, 0) is 55.0 Å². The van der Waals surface area contributed by atoms with Gasteiger partial charge in [0.1, 0.15) is 29.8 Å². The average molecular weight is 765 g/mol. The van der Waals surface area contributed by atoms with Crippen LogP contribution >= 0.6 is 15.9 Å². The number of esters is 1. The first-order valence-corrected chi connectivity index (χ1v) is 18.3. The van der Waals surface area contributed by atoms with Crippen LogP contribution in [0, 0.1) is 31.6 Å². The maximum atomic E-state index is 15.3. The van der Waals surface area contributed by atoms with Crippen molar-refractivity contribution in [3.8, 4) is 0 Å². The molecule has 3 amide bonds. The van der Waals surface area contributed by atoms with Gasteiger partial charge in [-0.1, -0.05) is 84.4 Å². The van der Waals surface area contributed by atoms with Crippen molar-refractivity contribution < 1.29 is 38.5 Å². The molecule has 0 saturated carbocycles. The number of carbonyl (C=O) groups is 4. The number of halogens is 1. The quantitative estimate of drug-likeness (QED) is 0.315. The zero-order valence-corrected chi connectivity index (χ0v) is 31.2. The normalized spacial score (nSPS) is 31.0. The lowest BCUT2D eigenvalue weighted by Crippen LogP contribution is -2.59. The Balaban J connectivity index is 1.53. The largest absolute Gasteiger partial charge is 0.455 e. The summed E-state index contributed by atoms with van der Waals surface area (Å²) in [6.07, 6.45) is 4.15. The van der Waals surface area contributed by atoms with E-state index in [1.165, 1.54) is 12.0 Å². The molecule has 0 aliphatic carbocycles. The third-order valence-corrected chi connectivity index (χ3v) is 11.2. The van der Waals surface area contributed by atoms with Gasteiger partial charge in [-0.15, -0.1) is 0 Å². The zero-order valence-electron chi connectivity index (χ0n) is 29.6. The smallest absolute Gasteiger partial charge is 0.313 e. The van der Waals surface area contributed by atoms with Gasteiger partial charge < -0.3 is 34.4 Å². The lowest BCUT2D eigenvalue weighted by molar-refractivity contribution is -0.162. The van der Waals surface area contributed by atoms with Gasteiger partial charge in [0.2, 0.25) is 11.8 Å².